The maximum Gasteiger partial charge on any atom is 0.319 e. The lowest BCUT2D eigenvalue weighted by Crippen LogP contribution is -2.38. The number of hydrogen-bond donors (Lipinski definition) is 2. The van der Waals surface area contributed by atoms with E-state index < -0.39 is 16.1 Å². The second kappa shape index (κ2) is 8.39. The summed E-state index contributed by atoms with van der Waals surface area (Å²) in [5.41, 5.74) is 2.24. The third-order valence-electron chi connectivity index (χ3n) is 4.47. The van der Waals surface area contributed by atoms with E-state index in [-0.39, 0.29) is 12.3 Å². The van der Waals surface area contributed by atoms with Crippen LogP contribution in [0.3, 0.4) is 0 Å². The number of carbonyl (C=O) groups excluding carboxylic acids is 1. The van der Waals surface area contributed by atoms with E-state index in [1.54, 1.807) is 24.3 Å². The summed E-state index contributed by atoms with van der Waals surface area (Å²) >= 11 is 0. The molecule has 2 aromatic carbocycles. The highest BCUT2D eigenvalue weighted by molar-refractivity contribution is 7.92. The van der Waals surface area contributed by atoms with Gasteiger partial charge in [-0.1, -0.05) is 18.2 Å². The monoisotopic (exact) mass is 405 g/mol. The van der Waals surface area contributed by atoms with Crippen molar-refractivity contribution in [3.63, 3.8) is 0 Å². The number of benzene rings is 2. The number of nitrogens with zero attached hydrogens (tertiary/aromatic N) is 1. The SMILES string of the molecule is COc1ccc(NC(=O)NCCS(=O)(=O)N2CCc3ccccc32)cc1OC. The number of nitrogens with one attached hydrogen (secondary N) is 2. The number of rotatable bonds is 7. The molecule has 1 aliphatic heterocycles. The summed E-state index contributed by atoms with van der Waals surface area (Å²) in [6, 6.07) is 11.9. The number of anilines is 2. The van der Waals surface area contributed by atoms with E-state index in [1.165, 1.54) is 18.5 Å². The van der Waals surface area contributed by atoms with Gasteiger partial charge in [0, 0.05) is 24.8 Å². The fourth-order valence-electron chi connectivity index (χ4n) is 3.09. The fraction of sp³-hybridized carbons (Fsp3) is 0.316. The lowest BCUT2D eigenvalue weighted by molar-refractivity contribution is 0.252. The first-order valence-electron chi connectivity index (χ1n) is 8.80. The Morgan fingerprint density at radius 3 is 2.61 bits per heavy atom. The van der Waals surface area contributed by atoms with E-state index >= 15 is 0 Å². The summed E-state index contributed by atoms with van der Waals surface area (Å²) in [7, 11) is -0.480. The first-order chi connectivity index (χ1) is 13.4. The van der Waals surface area contributed by atoms with Gasteiger partial charge in [0.25, 0.3) is 0 Å². The van der Waals surface area contributed by atoms with Gasteiger partial charge in [-0.25, -0.2) is 13.2 Å². The lowest BCUT2D eigenvalue weighted by atomic mass is 10.2. The summed E-state index contributed by atoms with van der Waals surface area (Å²) in [5, 5.41) is 5.22. The molecule has 9 heteroatoms. The maximum absolute atomic E-state index is 12.6. The van der Waals surface area contributed by atoms with Crippen LogP contribution in [0.1, 0.15) is 5.56 Å². The van der Waals surface area contributed by atoms with Crippen LogP contribution >= 0.6 is 0 Å². The number of amides is 2. The third kappa shape index (κ3) is 4.30. The predicted molar refractivity (Wildman–Crippen MR) is 108 cm³/mol. The first-order valence-corrected chi connectivity index (χ1v) is 10.4. The highest BCUT2D eigenvalue weighted by atomic mass is 32.2. The molecule has 1 heterocycles. The minimum Gasteiger partial charge on any atom is -0.493 e. The van der Waals surface area contributed by atoms with Gasteiger partial charge in [-0.3, -0.25) is 4.31 Å². The van der Waals surface area contributed by atoms with Crippen molar-refractivity contribution in [2.24, 2.45) is 0 Å². The van der Waals surface area contributed by atoms with E-state index in [0.29, 0.717) is 30.2 Å². The highest BCUT2D eigenvalue weighted by Gasteiger charge is 2.28. The van der Waals surface area contributed by atoms with Crippen molar-refractivity contribution in [2.75, 3.05) is 42.7 Å². The zero-order chi connectivity index (χ0) is 20.1. The molecule has 0 atom stereocenters. The number of ether oxygens (including phenoxy) is 2. The molecule has 2 aromatic rings. The van der Waals surface area contributed by atoms with Gasteiger partial charge >= 0.3 is 6.03 Å². The molecule has 0 spiro atoms. The van der Waals surface area contributed by atoms with Gasteiger partial charge in [0.05, 0.1) is 25.7 Å². The van der Waals surface area contributed by atoms with Crippen molar-refractivity contribution < 1.29 is 22.7 Å². The van der Waals surface area contributed by atoms with E-state index in [0.717, 1.165) is 11.3 Å². The van der Waals surface area contributed by atoms with E-state index in [1.807, 2.05) is 18.2 Å². The average Bonchev–Trinajstić information content (AvgIpc) is 3.12. The quantitative estimate of drug-likeness (QED) is 0.736. The normalized spacial score (nSPS) is 13.0. The van der Waals surface area contributed by atoms with Crippen LogP contribution in [-0.2, 0) is 16.4 Å². The molecule has 0 saturated carbocycles. The van der Waals surface area contributed by atoms with E-state index in [4.69, 9.17) is 9.47 Å². The molecular weight excluding hydrogens is 382 g/mol. The Labute approximate surface area is 164 Å². The second-order valence-electron chi connectivity index (χ2n) is 6.22. The Bertz CT molecular complexity index is 962. The molecule has 2 amide bonds. The van der Waals surface area contributed by atoms with Crippen LogP contribution in [0.4, 0.5) is 16.2 Å². The number of para-hydroxylation sites is 1. The molecule has 0 unspecified atom stereocenters. The summed E-state index contributed by atoms with van der Waals surface area (Å²) in [6.45, 7) is 0.430. The summed E-state index contributed by atoms with van der Waals surface area (Å²) in [6.07, 6.45) is 0.697. The van der Waals surface area contributed by atoms with Crippen molar-refractivity contribution in [1.29, 1.82) is 0 Å². The molecule has 0 bridgehead atoms. The molecule has 0 saturated heterocycles. The van der Waals surface area contributed by atoms with Crippen LogP contribution in [0.15, 0.2) is 42.5 Å². The van der Waals surface area contributed by atoms with E-state index in [9.17, 15) is 13.2 Å². The van der Waals surface area contributed by atoms with Crippen LogP contribution in [0, 0.1) is 0 Å². The minimum absolute atomic E-state index is 0.000122. The summed E-state index contributed by atoms with van der Waals surface area (Å²) in [5.74, 6) is 0.849. The Hall–Kier alpha value is -2.94. The van der Waals surface area contributed by atoms with Gasteiger partial charge in [-0.15, -0.1) is 0 Å². The Kier molecular flexibility index (Phi) is 5.93. The number of fused-ring (bicyclic) bond motifs is 1. The molecule has 0 aliphatic carbocycles. The third-order valence-corrected chi connectivity index (χ3v) is 6.24. The van der Waals surface area contributed by atoms with Gasteiger partial charge in [-0.2, -0.15) is 0 Å². The van der Waals surface area contributed by atoms with Gasteiger partial charge < -0.3 is 20.1 Å². The maximum atomic E-state index is 12.6. The predicted octanol–water partition coefficient (Wildman–Crippen LogP) is 2.22. The number of urea groups is 1. The number of hydrogen-bond acceptors (Lipinski definition) is 5. The number of sulfonamides is 1. The number of methoxy groups -OCH3 is 2. The van der Waals surface area contributed by atoms with Gasteiger partial charge in [0.2, 0.25) is 10.0 Å². The van der Waals surface area contributed by atoms with Crippen LogP contribution in [0.25, 0.3) is 0 Å². The summed E-state index contributed by atoms with van der Waals surface area (Å²) < 4.78 is 37.0. The molecule has 3 rings (SSSR count). The van der Waals surface area contributed by atoms with Crippen molar-refractivity contribution >= 4 is 27.4 Å². The topological polar surface area (TPSA) is 97.0 Å². The van der Waals surface area contributed by atoms with Crippen LogP contribution in [0.5, 0.6) is 11.5 Å². The zero-order valence-electron chi connectivity index (χ0n) is 15.8. The van der Waals surface area contributed by atoms with Crippen LogP contribution < -0.4 is 24.4 Å². The first kappa shape index (κ1) is 19.8. The summed E-state index contributed by atoms with van der Waals surface area (Å²) in [4.78, 5) is 12.1. The van der Waals surface area contributed by atoms with E-state index in [2.05, 4.69) is 10.6 Å². The molecule has 2 N–H and O–H groups in total. The van der Waals surface area contributed by atoms with Crippen molar-refractivity contribution in [2.45, 2.75) is 6.42 Å². The van der Waals surface area contributed by atoms with Crippen LogP contribution in [0.2, 0.25) is 0 Å². The molecule has 150 valence electrons. The average molecular weight is 405 g/mol. The highest BCUT2D eigenvalue weighted by Crippen LogP contribution is 2.30. The number of carbonyl (C=O) groups is 1. The Morgan fingerprint density at radius 1 is 1.11 bits per heavy atom. The molecule has 0 fully saturated rings. The minimum atomic E-state index is -3.51. The Balaban J connectivity index is 1.54. The van der Waals surface area contributed by atoms with Gasteiger partial charge in [-0.05, 0) is 30.2 Å². The molecule has 0 aromatic heterocycles. The molecule has 8 nitrogen and oxygen atoms in total. The van der Waals surface area contributed by atoms with Crippen molar-refractivity contribution in [1.82, 2.24) is 5.32 Å². The second-order valence-corrected chi connectivity index (χ2v) is 8.23. The Morgan fingerprint density at radius 2 is 1.86 bits per heavy atom. The smallest absolute Gasteiger partial charge is 0.319 e. The van der Waals surface area contributed by atoms with Crippen LogP contribution in [-0.4, -0.2) is 47.5 Å². The van der Waals surface area contributed by atoms with Gasteiger partial charge in [0.1, 0.15) is 0 Å². The molecule has 1 aliphatic rings. The fourth-order valence-corrected chi connectivity index (χ4v) is 4.52. The molecular formula is C19H23N3O5S. The lowest BCUT2D eigenvalue weighted by Gasteiger charge is -2.19. The zero-order valence-corrected chi connectivity index (χ0v) is 16.6. The standard InChI is InChI=1S/C19H23N3O5S/c1-26-17-8-7-15(13-18(17)27-2)21-19(23)20-10-12-28(24,25)22-11-9-14-5-3-4-6-16(14)22/h3-8,13H,9-12H2,1-2H3,(H2,20,21,23). The van der Waals surface area contributed by atoms with Crippen molar-refractivity contribution in [3.8, 4) is 11.5 Å². The van der Waals surface area contributed by atoms with Crippen molar-refractivity contribution in [3.05, 3.63) is 48.0 Å². The molecule has 0 radical (unpaired) electrons. The largest absolute Gasteiger partial charge is 0.493 e. The molecule has 28 heavy (non-hydrogen) atoms. The van der Waals surface area contributed by atoms with Gasteiger partial charge in [0.15, 0.2) is 11.5 Å².